The lowest BCUT2D eigenvalue weighted by Gasteiger charge is -2.26. The maximum absolute atomic E-state index is 11.5. The number of nitrogens with one attached hydrogen (secondary N) is 1. The van der Waals surface area contributed by atoms with Crippen molar-refractivity contribution >= 4 is 11.9 Å². The van der Waals surface area contributed by atoms with Crippen LogP contribution in [0, 0.1) is 23.7 Å². The Balaban J connectivity index is 2.21. The lowest BCUT2D eigenvalue weighted by molar-refractivity contribution is -0.149. The molecule has 0 aromatic carbocycles. The molecular formula is C10H15NO3. The first-order valence-electron chi connectivity index (χ1n) is 5.09. The fourth-order valence-electron chi connectivity index (χ4n) is 3.19. The minimum absolute atomic E-state index is 0.0930. The fourth-order valence-corrected chi connectivity index (χ4v) is 3.19. The van der Waals surface area contributed by atoms with Crippen molar-refractivity contribution in [2.24, 2.45) is 23.7 Å². The summed E-state index contributed by atoms with van der Waals surface area (Å²) in [6, 6.07) is 0. The van der Waals surface area contributed by atoms with Crippen LogP contribution in [0.25, 0.3) is 0 Å². The third-order valence-corrected chi connectivity index (χ3v) is 3.75. The molecule has 2 fully saturated rings. The molecule has 1 amide bonds. The third kappa shape index (κ3) is 1.21. The van der Waals surface area contributed by atoms with Crippen molar-refractivity contribution in [2.75, 3.05) is 7.05 Å². The first-order valence-corrected chi connectivity index (χ1v) is 5.09. The van der Waals surface area contributed by atoms with Crippen LogP contribution in [0.15, 0.2) is 0 Å². The number of fused-ring (bicyclic) bond motifs is 2. The summed E-state index contributed by atoms with van der Waals surface area (Å²) >= 11 is 0. The molecule has 0 heterocycles. The molecule has 2 bridgehead atoms. The van der Waals surface area contributed by atoms with Crippen molar-refractivity contribution in [3.05, 3.63) is 0 Å². The summed E-state index contributed by atoms with van der Waals surface area (Å²) in [5.41, 5.74) is 0. The molecule has 4 atom stereocenters. The van der Waals surface area contributed by atoms with Gasteiger partial charge in [-0.25, -0.2) is 0 Å². The highest BCUT2D eigenvalue weighted by atomic mass is 16.4. The number of amides is 1. The summed E-state index contributed by atoms with van der Waals surface area (Å²) in [5, 5.41) is 11.6. The summed E-state index contributed by atoms with van der Waals surface area (Å²) < 4.78 is 0. The average molecular weight is 197 g/mol. The summed E-state index contributed by atoms with van der Waals surface area (Å²) in [6.45, 7) is 0. The van der Waals surface area contributed by atoms with E-state index in [1.54, 1.807) is 7.05 Å². The van der Waals surface area contributed by atoms with Crippen molar-refractivity contribution in [3.63, 3.8) is 0 Å². The van der Waals surface area contributed by atoms with E-state index < -0.39 is 11.9 Å². The van der Waals surface area contributed by atoms with E-state index in [0.717, 1.165) is 19.3 Å². The van der Waals surface area contributed by atoms with Crippen LogP contribution in [0.5, 0.6) is 0 Å². The number of carboxylic acid groups (broad SMARTS) is 1. The zero-order chi connectivity index (χ0) is 10.3. The van der Waals surface area contributed by atoms with Crippen LogP contribution in [0.1, 0.15) is 19.3 Å². The lowest BCUT2D eigenvalue weighted by atomic mass is 9.79. The van der Waals surface area contributed by atoms with Gasteiger partial charge in [-0.2, -0.15) is 0 Å². The first-order chi connectivity index (χ1) is 6.65. The topological polar surface area (TPSA) is 66.4 Å². The van der Waals surface area contributed by atoms with E-state index in [2.05, 4.69) is 5.32 Å². The molecule has 0 aliphatic heterocycles. The molecule has 0 aromatic heterocycles. The second-order valence-corrected chi connectivity index (χ2v) is 4.34. The van der Waals surface area contributed by atoms with E-state index in [4.69, 9.17) is 5.11 Å². The van der Waals surface area contributed by atoms with Gasteiger partial charge in [0.2, 0.25) is 5.91 Å². The van der Waals surface area contributed by atoms with Crippen molar-refractivity contribution in [1.82, 2.24) is 5.32 Å². The Hall–Kier alpha value is -1.06. The van der Waals surface area contributed by atoms with Crippen molar-refractivity contribution < 1.29 is 14.7 Å². The van der Waals surface area contributed by atoms with Gasteiger partial charge in [-0.05, 0) is 31.1 Å². The Morgan fingerprint density at radius 2 is 1.79 bits per heavy atom. The van der Waals surface area contributed by atoms with Gasteiger partial charge >= 0.3 is 5.97 Å². The van der Waals surface area contributed by atoms with Gasteiger partial charge in [0.15, 0.2) is 0 Å². The van der Waals surface area contributed by atoms with Crippen molar-refractivity contribution in [1.29, 1.82) is 0 Å². The van der Waals surface area contributed by atoms with Crippen LogP contribution in [-0.2, 0) is 9.59 Å². The molecule has 2 aliphatic rings. The first kappa shape index (κ1) is 9.49. The minimum Gasteiger partial charge on any atom is -0.481 e. The standard InChI is InChI=1S/C10H15NO3/c1-11-9(12)7-5-2-3-6(4-5)8(7)10(13)14/h5-8H,2-4H2,1H3,(H,11,12)(H,13,14). The average Bonchev–Trinajstić information content (AvgIpc) is 2.74. The molecular weight excluding hydrogens is 182 g/mol. The number of rotatable bonds is 2. The quantitative estimate of drug-likeness (QED) is 0.676. The monoisotopic (exact) mass is 197 g/mol. The van der Waals surface area contributed by atoms with Crippen LogP contribution in [0.2, 0.25) is 0 Å². The Morgan fingerprint density at radius 3 is 2.29 bits per heavy atom. The van der Waals surface area contributed by atoms with Gasteiger partial charge < -0.3 is 10.4 Å². The van der Waals surface area contributed by atoms with Crippen molar-refractivity contribution in [3.8, 4) is 0 Å². The smallest absolute Gasteiger partial charge is 0.307 e. The van der Waals surface area contributed by atoms with E-state index in [9.17, 15) is 9.59 Å². The van der Waals surface area contributed by atoms with Gasteiger partial charge in [-0.1, -0.05) is 0 Å². The Bertz CT molecular complexity index is 277. The highest BCUT2D eigenvalue weighted by Gasteiger charge is 2.53. The Labute approximate surface area is 82.7 Å². The van der Waals surface area contributed by atoms with E-state index >= 15 is 0 Å². The van der Waals surface area contributed by atoms with E-state index in [0.29, 0.717) is 5.92 Å². The maximum Gasteiger partial charge on any atom is 0.307 e. The maximum atomic E-state index is 11.5. The molecule has 2 rings (SSSR count). The van der Waals surface area contributed by atoms with Gasteiger partial charge in [0, 0.05) is 7.05 Å². The van der Waals surface area contributed by atoms with E-state index in [1.165, 1.54) is 0 Å². The third-order valence-electron chi connectivity index (χ3n) is 3.75. The molecule has 4 unspecified atom stereocenters. The van der Waals surface area contributed by atoms with Crippen molar-refractivity contribution in [2.45, 2.75) is 19.3 Å². The molecule has 78 valence electrons. The number of hydrogen-bond donors (Lipinski definition) is 2. The van der Waals surface area contributed by atoms with Gasteiger partial charge in [0.1, 0.15) is 0 Å². The normalized spacial score (nSPS) is 39.8. The largest absolute Gasteiger partial charge is 0.481 e. The summed E-state index contributed by atoms with van der Waals surface area (Å²) in [5.74, 6) is -1.07. The number of hydrogen-bond acceptors (Lipinski definition) is 2. The molecule has 2 saturated carbocycles. The van der Waals surface area contributed by atoms with Gasteiger partial charge in [-0.15, -0.1) is 0 Å². The summed E-state index contributed by atoms with van der Waals surface area (Å²) in [7, 11) is 1.58. The predicted molar refractivity (Wildman–Crippen MR) is 49.5 cm³/mol. The van der Waals surface area contributed by atoms with Gasteiger partial charge in [0.05, 0.1) is 11.8 Å². The highest BCUT2D eigenvalue weighted by Crippen LogP contribution is 2.52. The molecule has 0 aromatic rings. The number of carbonyl (C=O) groups excluding carboxylic acids is 1. The predicted octanol–water partition coefficient (Wildman–Crippen LogP) is 0.479. The summed E-state index contributed by atoms with van der Waals surface area (Å²) in [4.78, 5) is 22.6. The molecule has 4 heteroatoms. The summed E-state index contributed by atoms with van der Waals surface area (Å²) in [6.07, 6.45) is 2.93. The lowest BCUT2D eigenvalue weighted by Crippen LogP contribution is -2.39. The molecule has 2 N–H and O–H groups in total. The highest BCUT2D eigenvalue weighted by molar-refractivity contribution is 5.85. The van der Waals surface area contributed by atoms with E-state index in [1.807, 2.05) is 0 Å². The van der Waals surface area contributed by atoms with Crippen LogP contribution < -0.4 is 5.32 Å². The number of aliphatic carboxylic acids is 1. The van der Waals surface area contributed by atoms with Crippen LogP contribution in [0.4, 0.5) is 0 Å². The molecule has 14 heavy (non-hydrogen) atoms. The van der Waals surface area contributed by atoms with E-state index in [-0.39, 0.29) is 17.7 Å². The van der Waals surface area contributed by atoms with Gasteiger partial charge in [0.25, 0.3) is 0 Å². The molecule has 0 spiro atoms. The van der Waals surface area contributed by atoms with Gasteiger partial charge in [-0.3, -0.25) is 9.59 Å². The van der Waals surface area contributed by atoms with Crippen LogP contribution in [0.3, 0.4) is 0 Å². The van der Waals surface area contributed by atoms with Crippen LogP contribution >= 0.6 is 0 Å². The zero-order valence-corrected chi connectivity index (χ0v) is 8.19. The molecule has 0 saturated heterocycles. The second-order valence-electron chi connectivity index (χ2n) is 4.34. The Kier molecular flexibility index (Phi) is 2.21. The SMILES string of the molecule is CNC(=O)C1C2CCC(C2)C1C(=O)O. The number of carbonyl (C=O) groups is 2. The molecule has 4 nitrogen and oxygen atoms in total. The fraction of sp³-hybridized carbons (Fsp3) is 0.800. The number of carboxylic acids is 1. The zero-order valence-electron chi connectivity index (χ0n) is 8.19. The second kappa shape index (κ2) is 3.26. The van der Waals surface area contributed by atoms with Crippen LogP contribution in [-0.4, -0.2) is 24.0 Å². The Morgan fingerprint density at radius 1 is 1.21 bits per heavy atom. The molecule has 2 aliphatic carbocycles. The molecule has 0 radical (unpaired) electrons. The minimum atomic E-state index is -0.800.